The summed E-state index contributed by atoms with van der Waals surface area (Å²) < 4.78 is 6.79. The molecule has 0 saturated heterocycles. The van der Waals surface area contributed by atoms with Crippen LogP contribution in [0.15, 0.2) is 29.1 Å². The number of nitrogens with zero attached hydrogens (tertiary/aromatic N) is 2. The lowest BCUT2D eigenvalue weighted by Gasteiger charge is -2.19. The minimum absolute atomic E-state index is 0.0103. The normalized spacial score (nSPS) is 12.2. The Hall–Kier alpha value is -2.21. The maximum atomic E-state index is 13.0. The van der Waals surface area contributed by atoms with Crippen molar-refractivity contribution in [3.8, 4) is 0 Å². The fraction of sp³-hybridized carbons (Fsp3) is 0.640. The molecule has 6 nitrogen and oxygen atoms in total. The van der Waals surface area contributed by atoms with Crippen LogP contribution in [0.25, 0.3) is 10.9 Å². The SMILES string of the molecule is CCCCCCCCCCCC(=O)NC(C)c1nc2ccccc2c(=O)n1CCOC. The summed E-state index contributed by atoms with van der Waals surface area (Å²) in [5.41, 5.74) is 0.550. The summed E-state index contributed by atoms with van der Waals surface area (Å²) in [4.78, 5) is 30.1. The molecule has 0 aliphatic heterocycles. The number of hydrogen-bond donors (Lipinski definition) is 1. The van der Waals surface area contributed by atoms with Gasteiger partial charge in [0.1, 0.15) is 5.82 Å². The van der Waals surface area contributed by atoms with E-state index in [-0.39, 0.29) is 17.5 Å². The van der Waals surface area contributed by atoms with Gasteiger partial charge in [-0.2, -0.15) is 0 Å². The van der Waals surface area contributed by atoms with E-state index >= 15 is 0 Å². The number of amides is 1. The van der Waals surface area contributed by atoms with E-state index in [2.05, 4.69) is 17.2 Å². The molecule has 1 heterocycles. The molecule has 0 aliphatic rings. The summed E-state index contributed by atoms with van der Waals surface area (Å²) in [7, 11) is 1.61. The van der Waals surface area contributed by atoms with Crippen LogP contribution in [0.4, 0.5) is 0 Å². The number of carbonyl (C=O) groups excluding carboxylic acids is 1. The lowest BCUT2D eigenvalue weighted by molar-refractivity contribution is -0.121. The van der Waals surface area contributed by atoms with E-state index < -0.39 is 0 Å². The first-order valence-electron chi connectivity index (χ1n) is 11.9. The van der Waals surface area contributed by atoms with Gasteiger partial charge in [0.05, 0.1) is 30.1 Å². The van der Waals surface area contributed by atoms with Crippen molar-refractivity contribution in [3.63, 3.8) is 0 Å². The maximum absolute atomic E-state index is 13.0. The number of ether oxygens (including phenoxy) is 1. The standard InChI is InChI=1S/C25H39N3O3/c1-4-5-6-7-8-9-10-11-12-17-23(29)26-20(2)24-27-22-16-14-13-15-21(22)25(30)28(24)18-19-31-3/h13-16,20H,4-12,17-19H2,1-3H3,(H,26,29). The van der Waals surface area contributed by atoms with Gasteiger partial charge in [-0.15, -0.1) is 0 Å². The van der Waals surface area contributed by atoms with E-state index in [9.17, 15) is 9.59 Å². The third-order valence-electron chi connectivity index (χ3n) is 5.68. The molecule has 0 saturated carbocycles. The number of hydrogen-bond acceptors (Lipinski definition) is 4. The number of nitrogens with one attached hydrogen (secondary N) is 1. The largest absolute Gasteiger partial charge is 0.383 e. The van der Waals surface area contributed by atoms with E-state index in [1.54, 1.807) is 17.7 Å². The van der Waals surface area contributed by atoms with Crippen LogP contribution >= 0.6 is 0 Å². The van der Waals surface area contributed by atoms with Gasteiger partial charge in [-0.1, -0.05) is 70.4 Å². The molecule has 0 aliphatic carbocycles. The Morgan fingerprint density at radius 3 is 2.39 bits per heavy atom. The fourth-order valence-electron chi connectivity index (χ4n) is 3.89. The second-order valence-corrected chi connectivity index (χ2v) is 8.30. The molecule has 0 spiro atoms. The number of aromatic nitrogens is 2. The average molecular weight is 430 g/mol. The molecule has 2 rings (SSSR count). The molecule has 1 N–H and O–H groups in total. The lowest BCUT2D eigenvalue weighted by atomic mass is 10.1. The van der Waals surface area contributed by atoms with E-state index in [1.807, 2.05) is 25.1 Å². The van der Waals surface area contributed by atoms with E-state index in [1.165, 1.54) is 44.9 Å². The molecule has 0 fully saturated rings. The molecule has 0 bridgehead atoms. The van der Waals surface area contributed by atoms with Gasteiger partial charge in [0, 0.05) is 13.5 Å². The third-order valence-corrected chi connectivity index (χ3v) is 5.68. The predicted molar refractivity (Wildman–Crippen MR) is 126 cm³/mol. The Balaban J connectivity index is 1.88. The Kier molecular flexibility index (Phi) is 11.3. The van der Waals surface area contributed by atoms with Gasteiger partial charge in [0.15, 0.2) is 0 Å². The summed E-state index contributed by atoms with van der Waals surface area (Å²) >= 11 is 0. The van der Waals surface area contributed by atoms with Crippen LogP contribution in [0.5, 0.6) is 0 Å². The van der Waals surface area contributed by atoms with Crippen molar-refractivity contribution in [1.82, 2.24) is 14.9 Å². The minimum Gasteiger partial charge on any atom is -0.383 e. The van der Waals surface area contributed by atoms with Gasteiger partial charge in [-0.25, -0.2) is 4.98 Å². The Morgan fingerprint density at radius 1 is 1.06 bits per heavy atom. The smallest absolute Gasteiger partial charge is 0.261 e. The van der Waals surface area contributed by atoms with Crippen molar-refractivity contribution in [2.75, 3.05) is 13.7 Å². The van der Waals surface area contributed by atoms with E-state index in [0.717, 1.165) is 12.8 Å². The number of rotatable bonds is 15. The number of fused-ring (bicyclic) bond motifs is 1. The number of carbonyl (C=O) groups is 1. The quantitative estimate of drug-likeness (QED) is 0.398. The van der Waals surface area contributed by atoms with Crippen molar-refractivity contribution in [2.24, 2.45) is 0 Å². The molecule has 6 heteroatoms. The van der Waals surface area contributed by atoms with Gasteiger partial charge in [0.2, 0.25) is 5.91 Å². The number of benzene rings is 1. The first-order chi connectivity index (χ1) is 15.1. The Labute approximate surface area is 186 Å². The highest BCUT2D eigenvalue weighted by Crippen LogP contribution is 2.15. The number of unbranched alkanes of at least 4 members (excludes halogenated alkanes) is 8. The van der Waals surface area contributed by atoms with Crippen LogP contribution < -0.4 is 10.9 Å². The van der Waals surface area contributed by atoms with E-state index in [0.29, 0.717) is 36.3 Å². The predicted octanol–water partition coefficient (Wildman–Crippen LogP) is 5.14. The summed E-state index contributed by atoms with van der Waals surface area (Å²) in [6.07, 6.45) is 11.5. The van der Waals surface area contributed by atoms with Gasteiger partial charge in [-0.05, 0) is 25.5 Å². The summed E-state index contributed by atoms with van der Waals surface area (Å²) in [6, 6.07) is 6.97. The molecule has 1 unspecified atom stereocenters. The zero-order valence-corrected chi connectivity index (χ0v) is 19.5. The van der Waals surface area contributed by atoms with Crippen LogP contribution in [0.2, 0.25) is 0 Å². The van der Waals surface area contributed by atoms with Crippen LogP contribution in [-0.4, -0.2) is 29.2 Å². The monoisotopic (exact) mass is 429 g/mol. The summed E-state index contributed by atoms with van der Waals surface area (Å²) in [5.74, 6) is 0.581. The lowest BCUT2D eigenvalue weighted by Crippen LogP contribution is -2.34. The highest BCUT2D eigenvalue weighted by Gasteiger charge is 2.18. The molecule has 31 heavy (non-hydrogen) atoms. The molecular weight excluding hydrogens is 390 g/mol. The maximum Gasteiger partial charge on any atom is 0.261 e. The second kappa shape index (κ2) is 14.0. The first kappa shape index (κ1) is 25.1. The average Bonchev–Trinajstić information content (AvgIpc) is 2.77. The Bertz CT molecular complexity index is 863. The minimum atomic E-state index is -0.347. The topological polar surface area (TPSA) is 73.2 Å². The van der Waals surface area contributed by atoms with Crippen LogP contribution in [-0.2, 0) is 16.1 Å². The molecule has 1 aromatic carbocycles. The molecule has 2 aromatic rings. The van der Waals surface area contributed by atoms with Crippen LogP contribution in [0.3, 0.4) is 0 Å². The van der Waals surface area contributed by atoms with Crippen molar-refractivity contribution >= 4 is 16.8 Å². The highest BCUT2D eigenvalue weighted by molar-refractivity contribution is 5.78. The summed E-state index contributed by atoms with van der Waals surface area (Å²) in [5, 5.41) is 3.61. The molecule has 1 amide bonds. The molecular formula is C25H39N3O3. The molecule has 1 aromatic heterocycles. The van der Waals surface area contributed by atoms with Crippen molar-refractivity contribution in [1.29, 1.82) is 0 Å². The van der Waals surface area contributed by atoms with Crippen molar-refractivity contribution in [3.05, 3.63) is 40.4 Å². The van der Waals surface area contributed by atoms with Gasteiger partial charge < -0.3 is 10.1 Å². The fourth-order valence-corrected chi connectivity index (χ4v) is 3.89. The van der Waals surface area contributed by atoms with Gasteiger partial charge in [-0.3, -0.25) is 14.2 Å². The van der Waals surface area contributed by atoms with E-state index in [4.69, 9.17) is 4.74 Å². The molecule has 1 atom stereocenters. The zero-order chi connectivity index (χ0) is 22.5. The molecule has 172 valence electrons. The van der Waals surface area contributed by atoms with Crippen LogP contribution in [0, 0.1) is 0 Å². The Morgan fingerprint density at radius 2 is 1.71 bits per heavy atom. The highest BCUT2D eigenvalue weighted by atomic mass is 16.5. The number of methoxy groups -OCH3 is 1. The summed E-state index contributed by atoms with van der Waals surface area (Å²) in [6.45, 7) is 4.93. The van der Waals surface area contributed by atoms with Crippen molar-refractivity contribution in [2.45, 2.75) is 90.6 Å². The van der Waals surface area contributed by atoms with Gasteiger partial charge in [0.25, 0.3) is 5.56 Å². The second-order valence-electron chi connectivity index (χ2n) is 8.30. The van der Waals surface area contributed by atoms with Crippen molar-refractivity contribution < 1.29 is 9.53 Å². The van der Waals surface area contributed by atoms with Gasteiger partial charge >= 0.3 is 0 Å². The van der Waals surface area contributed by atoms with Crippen LogP contribution in [0.1, 0.15) is 89.9 Å². The zero-order valence-electron chi connectivity index (χ0n) is 19.5. The first-order valence-corrected chi connectivity index (χ1v) is 11.9. The molecule has 0 radical (unpaired) electrons. The third kappa shape index (κ3) is 8.09. The number of para-hydroxylation sites is 1.